The third-order valence-electron chi connectivity index (χ3n) is 3.76. The van der Waals surface area contributed by atoms with Gasteiger partial charge in [0.1, 0.15) is 5.75 Å². The molecule has 2 N–H and O–H groups in total. The van der Waals surface area contributed by atoms with Gasteiger partial charge in [-0.25, -0.2) is 0 Å². The number of hydrogen-bond acceptors (Lipinski definition) is 4. The van der Waals surface area contributed by atoms with Crippen LogP contribution in [-0.2, 0) is 7.05 Å². The summed E-state index contributed by atoms with van der Waals surface area (Å²) in [5, 5.41) is 28.3. The largest absolute Gasteiger partial charge is 0.507 e. The lowest BCUT2D eigenvalue weighted by Crippen LogP contribution is -1.93. The standard InChI is InChI=1S/C17H14BrN3O3/c1-9-7-10(18)8-12-14(17(24)21(2)15(9)12)19-20-16(23)11-5-3-4-6-13(11)22/h3-8,22,24H,1-2H3. The quantitative estimate of drug-likeness (QED) is 0.630. The van der Waals surface area contributed by atoms with Crippen molar-refractivity contribution in [3.8, 4) is 11.6 Å². The molecule has 0 fully saturated rings. The first kappa shape index (κ1) is 16.2. The molecule has 2 aromatic carbocycles. The van der Waals surface area contributed by atoms with Crippen molar-refractivity contribution in [2.75, 3.05) is 0 Å². The summed E-state index contributed by atoms with van der Waals surface area (Å²) in [7, 11) is 1.71. The molecule has 0 spiro atoms. The molecule has 1 amide bonds. The van der Waals surface area contributed by atoms with Gasteiger partial charge < -0.3 is 14.8 Å². The minimum atomic E-state index is -0.684. The highest BCUT2D eigenvalue weighted by Gasteiger charge is 2.17. The van der Waals surface area contributed by atoms with Crippen molar-refractivity contribution < 1.29 is 15.0 Å². The number of halogens is 1. The molecule has 3 rings (SSSR count). The smallest absolute Gasteiger partial charge is 0.299 e. The van der Waals surface area contributed by atoms with Gasteiger partial charge in [0.15, 0.2) is 5.69 Å². The maximum absolute atomic E-state index is 12.1. The zero-order valence-corrected chi connectivity index (χ0v) is 14.6. The molecular formula is C17H14BrN3O3. The predicted octanol–water partition coefficient (Wildman–Crippen LogP) is 4.58. The molecule has 0 radical (unpaired) electrons. The summed E-state index contributed by atoms with van der Waals surface area (Å²) < 4.78 is 2.43. The second kappa shape index (κ2) is 6.09. The molecule has 0 aliphatic rings. The average Bonchev–Trinajstić information content (AvgIpc) is 2.77. The Hall–Kier alpha value is -2.67. The van der Waals surface area contributed by atoms with E-state index in [0.717, 1.165) is 15.6 Å². The van der Waals surface area contributed by atoms with E-state index in [9.17, 15) is 15.0 Å². The molecule has 3 aromatic rings. The van der Waals surface area contributed by atoms with Gasteiger partial charge in [0, 0.05) is 16.9 Å². The number of azo groups is 1. The SMILES string of the molecule is Cc1cc(Br)cc2c(N=NC(=O)c3ccccc3O)c(O)n(C)c12. The zero-order valence-electron chi connectivity index (χ0n) is 13.0. The maximum Gasteiger partial charge on any atom is 0.299 e. The summed E-state index contributed by atoms with van der Waals surface area (Å²) in [6.07, 6.45) is 0. The Bertz CT molecular complexity index is 992. The van der Waals surface area contributed by atoms with Gasteiger partial charge in [0.25, 0.3) is 5.91 Å². The Morgan fingerprint density at radius 1 is 1.21 bits per heavy atom. The normalized spacial score (nSPS) is 11.5. The number of aromatic hydroxyl groups is 2. The van der Waals surface area contributed by atoms with Crippen molar-refractivity contribution in [3.05, 3.63) is 52.0 Å². The number of nitrogens with zero attached hydrogens (tertiary/aromatic N) is 3. The monoisotopic (exact) mass is 387 g/mol. The molecule has 122 valence electrons. The highest BCUT2D eigenvalue weighted by Crippen LogP contribution is 2.40. The maximum atomic E-state index is 12.1. The third-order valence-corrected chi connectivity index (χ3v) is 4.22. The lowest BCUT2D eigenvalue weighted by molar-refractivity contribution is 0.0992. The highest BCUT2D eigenvalue weighted by molar-refractivity contribution is 9.10. The van der Waals surface area contributed by atoms with Gasteiger partial charge in [0.05, 0.1) is 11.1 Å². The van der Waals surface area contributed by atoms with Gasteiger partial charge in [-0.2, -0.15) is 0 Å². The lowest BCUT2D eigenvalue weighted by atomic mass is 10.1. The number of rotatable bonds is 2. The van der Waals surface area contributed by atoms with E-state index in [-0.39, 0.29) is 22.9 Å². The Kier molecular flexibility index (Phi) is 4.11. The second-order valence-corrected chi connectivity index (χ2v) is 6.29. The van der Waals surface area contributed by atoms with Crippen LogP contribution in [0.1, 0.15) is 15.9 Å². The van der Waals surface area contributed by atoms with Gasteiger partial charge in [-0.05, 0) is 36.8 Å². The van der Waals surface area contributed by atoms with Crippen LogP contribution < -0.4 is 0 Å². The molecule has 0 bridgehead atoms. The molecule has 1 heterocycles. The van der Waals surface area contributed by atoms with Crippen molar-refractivity contribution in [1.29, 1.82) is 0 Å². The number of carbonyl (C=O) groups excluding carboxylic acids is 1. The van der Waals surface area contributed by atoms with Gasteiger partial charge in [-0.3, -0.25) is 4.79 Å². The molecule has 0 unspecified atom stereocenters. The van der Waals surface area contributed by atoms with E-state index in [1.165, 1.54) is 12.1 Å². The van der Waals surface area contributed by atoms with Crippen LogP contribution in [0.25, 0.3) is 10.9 Å². The Morgan fingerprint density at radius 2 is 1.92 bits per heavy atom. The summed E-state index contributed by atoms with van der Waals surface area (Å²) >= 11 is 3.41. The molecule has 24 heavy (non-hydrogen) atoms. The van der Waals surface area contributed by atoms with Crippen LogP contribution >= 0.6 is 15.9 Å². The number of para-hydroxylation sites is 1. The number of phenols is 1. The molecule has 0 saturated carbocycles. The fourth-order valence-corrected chi connectivity index (χ4v) is 3.22. The minimum absolute atomic E-state index is 0.0540. The molecule has 6 nitrogen and oxygen atoms in total. The average molecular weight is 388 g/mol. The first-order chi connectivity index (χ1) is 11.4. The van der Waals surface area contributed by atoms with Gasteiger partial charge in [-0.15, -0.1) is 10.2 Å². The number of carbonyl (C=O) groups is 1. The summed E-state index contributed by atoms with van der Waals surface area (Å²) in [5.41, 5.74) is 2.02. The summed E-state index contributed by atoms with van der Waals surface area (Å²) in [6.45, 7) is 1.92. The van der Waals surface area contributed by atoms with Gasteiger partial charge >= 0.3 is 0 Å². The van der Waals surface area contributed by atoms with Crippen LogP contribution in [0, 0.1) is 6.92 Å². The van der Waals surface area contributed by atoms with Crippen molar-refractivity contribution in [2.45, 2.75) is 6.92 Å². The van der Waals surface area contributed by atoms with Crippen LogP contribution in [0.3, 0.4) is 0 Å². The van der Waals surface area contributed by atoms with Crippen molar-refractivity contribution in [1.82, 2.24) is 4.57 Å². The summed E-state index contributed by atoms with van der Waals surface area (Å²) in [4.78, 5) is 12.1. The van der Waals surface area contributed by atoms with Gasteiger partial charge in [-0.1, -0.05) is 28.1 Å². The summed E-state index contributed by atoms with van der Waals surface area (Å²) in [6, 6.07) is 9.83. The van der Waals surface area contributed by atoms with E-state index in [1.54, 1.807) is 29.8 Å². The van der Waals surface area contributed by atoms with E-state index in [1.807, 2.05) is 13.0 Å². The minimum Gasteiger partial charge on any atom is -0.507 e. The van der Waals surface area contributed by atoms with Crippen LogP contribution in [0.15, 0.2) is 51.1 Å². The fourth-order valence-electron chi connectivity index (χ4n) is 2.65. The number of aryl methyl sites for hydroxylation is 2. The molecule has 1 aromatic heterocycles. The molecule has 0 atom stereocenters. The number of fused-ring (bicyclic) bond motifs is 1. The number of benzene rings is 2. The second-order valence-electron chi connectivity index (χ2n) is 5.37. The Morgan fingerprint density at radius 3 is 2.62 bits per heavy atom. The molecule has 7 heteroatoms. The number of hydrogen-bond donors (Lipinski definition) is 2. The van der Waals surface area contributed by atoms with E-state index in [0.29, 0.717) is 5.39 Å². The lowest BCUT2D eigenvalue weighted by Gasteiger charge is -2.01. The van der Waals surface area contributed by atoms with Crippen LogP contribution in [0.5, 0.6) is 11.6 Å². The number of phenolic OH excluding ortho intramolecular Hbond substituents is 1. The van der Waals surface area contributed by atoms with Crippen molar-refractivity contribution >= 4 is 38.4 Å². The first-order valence-corrected chi connectivity index (χ1v) is 7.91. The highest BCUT2D eigenvalue weighted by atomic mass is 79.9. The predicted molar refractivity (Wildman–Crippen MR) is 94.0 cm³/mol. The first-order valence-electron chi connectivity index (χ1n) is 7.11. The number of amides is 1. The van der Waals surface area contributed by atoms with E-state index in [2.05, 4.69) is 26.2 Å². The Balaban J connectivity index is 2.09. The van der Waals surface area contributed by atoms with E-state index < -0.39 is 5.91 Å². The molecule has 0 aliphatic heterocycles. The van der Waals surface area contributed by atoms with E-state index in [4.69, 9.17) is 0 Å². The molecule has 0 aliphatic carbocycles. The fraction of sp³-hybridized carbons (Fsp3) is 0.118. The van der Waals surface area contributed by atoms with E-state index >= 15 is 0 Å². The van der Waals surface area contributed by atoms with Crippen LogP contribution in [0.4, 0.5) is 5.69 Å². The van der Waals surface area contributed by atoms with Crippen molar-refractivity contribution in [3.63, 3.8) is 0 Å². The van der Waals surface area contributed by atoms with Gasteiger partial charge in [0.2, 0.25) is 5.88 Å². The topological polar surface area (TPSA) is 87.2 Å². The van der Waals surface area contributed by atoms with Crippen LogP contribution in [0.2, 0.25) is 0 Å². The number of aromatic nitrogens is 1. The Labute approximate surface area is 146 Å². The zero-order chi connectivity index (χ0) is 17.4. The van der Waals surface area contributed by atoms with Crippen molar-refractivity contribution in [2.24, 2.45) is 17.3 Å². The third kappa shape index (κ3) is 2.67. The molecule has 0 saturated heterocycles. The molecular weight excluding hydrogens is 374 g/mol. The summed E-state index contributed by atoms with van der Waals surface area (Å²) in [5.74, 6) is -0.932. The van der Waals surface area contributed by atoms with Crippen LogP contribution in [-0.4, -0.2) is 20.7 Å².